The lowest BCUT2D eigenvalue weighted by atomic mass is 9.97. The van der Waals surface area contributed by atoms with E-state index in [0.29, 0.717) is 0 Å². The number of nitrogens with one attached hydrogen (secondary N) is 1. The Morgan fingerprint density at radius 2 is 1.00 bits per heavy atom. The van der Waals surface area contributed by atoms with Crippen LogP contribution in [0.4, 0.5) is 0 Å². The first-order valence-electron chi connectivity index (χ1n) is 14.5. The number of fused-ring (bicyclic) bond motifs is 3. The van der Waals surface area contributed by atoms with Crippen molar-refractivity contribution >= 4 is 33.5 Å². The number of nitrogens with zero attached hydrogens (tertiary/aromatic N) is 3. The normalized spacial score (nSPS) is 14.7. The average molecular weight is 553 g/mol. The molecule has 8 rings (SSSR count). The molecule has 1 N–H and O–H groups in total. The Kier molecular flexibility index (Phi) is 6.16. The highest BCUT2D eigenvalue weighted by molar-refractivity contribution is 6.18. The van der Waals surface area contributed by atoms with Gasteiger partial charge in [0.05, 0.1) is 11.0 Å². The van der Waals surface area contributed by atoms with Gasteiger partial charge in [-0.05, 0) is 47.0 Å². The number of rotatable bonds is 5. The van der Waals surface area contributed by atoms with Crippen molar-refractivity contribution in [3.8, 4) is 16.8 Å². The van der Waals surface area contributed by atoms with Crippen LogP contribution in [0.1, 0.15) is 22.9 Å². The van der Waals surface area contributed by atoms with Gasteiger partial charge in [0.2, 0.25) is 0 Å². The summed E-state index contributed by atoms with van der Waals surface area (Å²) in [4.78, 5) is 10.2. The van der Waals surface area contributed by atoms with E-state index in [1.54, 1.807) is 0 Å². The second-order valence-electron chi connectivity index (χ2n) is 10.7. The Bertz CT molecular complexity index is 2090. The molecule has 4 nitrogen and oxygen atoms in total. The van der Waals surface area contributed by atoms with E-state index in [9.17, 15) is 0 Å². The highest BCUT2D eigenvalue weighted by atomic mass is 15.2. The van der Waals surface area contributed by atoms with Gasteiger partial charge >= 0.3 is 0 Å². The first kappa shape index (κ1) is 25.0. The molecule has 0 bridgehead atoms. The van der Waals surface area contributed by atoms with Crippen LogP contribution in [0.3, 0.4) is 0 Å². The quantitative estimate of drug-likeness (QED) is 0.228. The molecule has 0 fully saturated rings. The van der Waals surface area contributed by atoms with E-state index in [1.807, 2.05) is 36.4 Å². The molecular formula is C39H28N4. The average Bonchev–Trinajstić information content (AvgIpc) is 3.43. The minimum absolute atomic E-state index is 0.353. The minimum atomic E-state index is -0.353. The number of amidine groups is 2. The van der Waals surface area contributed by atoms with Gasteiger partial charge in [-0.15, -0.1) is 0 Å². The Labute approximate surface area is 250 Å². The molecule has 0 saturated carbocycles. The summed E-state index contributed by atoms with van der Waals surface area (Å²) >= 11 is 0. The van der Waals surface area contributed by atoms with Gasteiger partial charge in [0.1, 0.15) is 11.7 Å². The summed E-state index contributed by atoms with van der Waals surface area (Å²) in [5.41, 5.74) is 8.82. The molecule has 1 aromatic heterocycles. The highest BCUT2D eigenvalue weighted by Gasteiger charge is 2.23. The van der Waals surface area contributed by atoms with Crippen molar-refractivity contribution in [3.63, 3.8) is 0 Å². The first-order valence-corrected chi connectivity index (χ1v) is 14.5. The number of aromatic nitrogens is 1. The molecule has 6 aromatic carbocycles. The van der Waals surface area contributed by atoms with Crippen LogP contribution in [0.15, 0.2) is 168 Å². The molecule has 0 saturated heterocycles. The zero-order valence-electron chi connectivity index (χ0n) is 23.4. The van der Waals surface area contributed by atoms with Crippen LogP contribution in [0.5, 0.6) is 0 Å². The molecule has 0 radical (unpaired) electrons. The van der Waals surface area contributed by atoms with E-state index in [-0.39, 0.29) is 6.17 Å². The largest absolute Gasteiger partial charge is 0.324 e. The van der Waals surface area contributed by atoms with Gasteiger partial charge < -0.3 is 9.88 Å². The number of para-hydroxylation sites is 2. The van der Waals surface area contributed by atoms with Gasteiger partial charge in [-0.25, -0.2) is 9.98 Å². The van der Waals surface area contributed by atoms with Crippen molar-refractivity contribution in [1.82, 2.24) is 9.88 Å². The zero-order valence-corrected chi connectivity index (χ0v) is 23.4. The number of hydrogen-bond acceptors (Lipinski definition) is 3. The second-order valence-corrected chi connectivity index (χ2v) is 10.7. The lowest BCUT2D eigenvalue weighted by Gasteiger charge is -2.24. The van der Waals surface area contributed by atoms with Crippen molar-refractivity contribution in [3.05, 3.63) is 174 Å². The molecule has 204 valence electrons. The predicted octanol–water partition coefficient (Wildman–Crippen LogP) is 8.95. The van der Waals surface area contributed by atoms with E-state index in [1.165, 1.54) is 21.8 Å². The van der Waals surface area contributed by atoms with E-state index in [4.69, 9.17) is 9.98 Å². The van der Waals surface area contributed by atoms with Gasteiger partial charge in [-0.2, -0.15) is 0 Å². The summed E-state index contributed by atoms with van der Waals surface area (Å²) in [6.07, 6.45) is -0.353. The third-order valence-corrected chi connectivity index (χ3v) is 8.07. The summed E-state index contributed by atoms with van der Waals surface area (Å²) in [6, 6.07) is 55.1. The van der Waals surface area contributed by atoms with Crippen LogP contribution in [0.2, 0.25) is 0 Å². The molecule has 7 aromatic rings. The molecule has 2 heterocycles. The van der Waals surface area contributed by atoms with Crippen molar-refractivity contribution in [2.45, 2.75) is 6.17 Å². The maximum atomic E-state index is 5.19. The minimum Gasteiger partial charge on any atom is -0.324 e. The van der Waals surface area contributed by atoms with E-state index >= 15 is 0 Å². The van der Waals surface area contributed by atoms with Gasteiger partial charge in [-0.1, -0.05) is 127 Å². The monoisotopic (exact) mass is 552 g/mol. The van der Waals surface area contributed by atoms with E-state index in [0.717, 1.165) is 45.2 Å². The summed E-state index contributed by atoms with van der Waals surface area (Å²) in [5.74, 6) is 1.61. The second kappa shape index (κ2) is 10.6. The topological polar surface area (TPSA) is 41.7 Å². The van der Waals surface area contributed by atoms with Gasteiger partial charge in [0, 0.05) is 27.6 Å². The number of benzene rings is 6. The van der Waals surface area contributed by atoms with Crippen molar-refractivity contribution in [2.75, 3.05) is 0 Å². The molecule has 4 heteroatoms. The first-order chi connectivity index (χ1) is 21.3. The molecule has 43 heavy (non-hydrogen) atoms. The van der Waals surface area contributed by atoms with Crippen LogP contribution in [0, 0.1) is 0 Å². The summed E-state index contributed by atoms with van der Waals surface area (Å²) in [5, 5.41) is 6.10. The summed E-state index contributed by atoms with van der Waals surface area (Å²) in [7, 11) is 0. The van der Waals surface area contributed by atoms with Crippen molar-refractivity contribution < 1.29 is 0 Å². The number of aliphatic imine (C=N–C) groups is 2. The van der Waals surface area contributed by atoms with Crippen LogP contribution in [-0.4, -0.2) is 16.2 Å². The van der Waals surface area contributed by atoms with Gasteiger partial charge in [-0.3, -0.25) is 0 Å². The molecule has 1 unspecified atom stereocenters. The fourth-order valence-electron chi connectivity index (χ4n) is 6.04. The molecule has 0 aliphatic carbocycles. The fraction of sp³-hybridized carbons (Fsp3) is 0.0256. The molecule has 0 spiro atoms. The van der Waals surface area contributed by atoms with Gasteiger partial charge in [0.25, 0.3) is 0 Å². The maximum absolute atomic E-state index is 5.19. The molecule has 0 amide bonds. The molecular weight excluding hydrogens is 524 g/mol. The van der Waals surface area contributed by atoms with Crippen molar-refractivity contribution in [1.29, 1.82) is 0 Å². The third-order valence-electron chi connectivity index (χ3n) is 8.07. The molecule has 1 atom stereocenters. The predicted molar refractivity (Wildman–Crippen MR) is 178 cm³/mol. The Morgan fingerprint density at radius 3 is 1.65 bits per heavy atom. The standard InChI is InChI=1S/C39H28N4/c1-4-14-27(15-5-1)34-26-30(43-35-22-12-10-20-31(35)32-21-11-13-23-36(32)43)24-25-33(34)39-41-37(28-16-6-2-7-17-28)40-38(42-39)29-18-8-3-9-19-29/h1-26,37H,(H,40,41,42). The zero-order chi connectivity index (χ0) is 28.6. The number of hydrogen-bond donors (Lipinski definition) is 1. The van der Waals surface area contributed by atoms with Crippen LogP contribution in [0.25, 0.3) is 38.6 Å². The van der Waals surface area contributed by atoms with E-state index in [2.05, 4.69) is 131 Å². The molecule has 1 aliphatic heterocycles. The van der Waals surface area contributed by atoms with Crippen LogP contribution < -0.4 is 5.32 Å². The SMILES string of the molecule is c1ccc(C2=NC(c3ccccc3)N=C(c3ccc(-n4c5ccccc5c5ccccc54)cc3-c3ccccc3)N2)cc1. The van der Waals surface area contributed by atoms with Crippen LogP contribution in [-0.2, 0) is 0 Å². The van der Waals surface area contributed by atoms with Gasteiger partial charge in [0.15, 0.2) is 6.17 Å². The smallest absolute Gasteiger partial charge is 0.169 e. The fourth-order valence-corrected chi connectivity index (χ4v) is 6.04. The highest BCUT2D eigenvalue weighted by Crippen LogP contribution is 2.35. The summed E-state index contributed by atoms with van der Waals surface area (Å²) < 4.78 is 2.36. The third kappa shape index (κ3) is 4.50. The van der Waals surface area contributed by atoms with E-state index < -0.39 is 0 Å². The lowest BCUT2D eigenvalue weighted by molar-refractivity contribution is 0.756. The van der Waals surface area contributed by atoms with Crippen molar-refractivity contribution in [2.24, 2.45) is 9.98 Å². The maximum Gasteiger partial charge on any atom is 0.169 e. The molecule has 1 aliphatic rings. The Morgan fingerprint density at radius 1 is 0.465 bits per heavy atom. The van der Waals surface area contributed by atoms with Crippen LogP contribution >= 0.6 is 0 Å². The Balaban J connectivity index is 1.33. The lowest BCUT2D eigenvalue weighted by Crippen LogP contribution is -2.36. The summed E-state index contributed by atoms with van der Waals surface area (Å²) in [6.45, 7) is 0. The Hall–Kier alpha value is -5.74.